The van der Waals surface area contributed by atoms with E-state index in [4.69, 9.17) is 0 Å². The maximum atomic E-state index is 12.3. The van der Waals surface area contributed by atoms with Crippen LogP contribution < -0.4 is 0 Å². The first kappa shape index (κ1) is 14.2. The van der Waals surface area contributed by atoms with Gasteiger partial charge < -0.3 is 0 Å². The van der Waals surface area contributed by atoms with Crippen LogP contribution in [0, 0.1) is 0 Å². The lowest BCUT2D eigenvalue weighted by Crippen LogP contribution is -2.01. The zero-order valence-electron chi connectivity index (χ0n) is 12.1. The molecule has 0 aliphatic carbocycles. The van der Waals surface area contributed by atoms with Crippen LogP contribution in [0.1, 0.15) is 15.2 Å². The number of carbonyl (C=O) groups excluding carboxylic acids is 1. The molecule has 0 aliphatic rings. The summed E-state index contributed by atoms with van der Waals surface area (Å²) in [6, 6.07) is 13.8. The Morgan fingerprint density at radius 3 is 2.91 bits per heavy atom. The van der Waals surface area contributed by atoms with Gasteiger partial charge in [0.2, 0.25) is 0 Å². The SMILES string of the molecule is O=C(Cc1cccc(-c2nc3ccncc3s2)c1)c1cccs1. The molecule has 0 saturated carbocycles. The molecule has 0 saturated heterocycles. The smallest absolute Gasteiger partial charge is 0.177 e. The Morgan fingerprint density at radius 2 is 2.09 bits per heavy atom. The fourth-order valence-electron chi connectivity index (χ4n) is 2.43. The molecule has 3 aromatic heterocycles. The van der Waals surface area contributed by atoms with Crippen LogP contribution in [0.25, 0.3) is 20.8 Å². The third kappa shape index (κ3) is 2.93. The fraction of sp³-hybridized carbons (Fsp3) is 0.0556. The van der Waals surface area contributed by atoms with E-state index >= 15 is 0 Å². The highest BCUT2D eigenvalue weighted by Crippen LogP contribution is 2.30. The highest BCUT2D eigenvalue weighted by atomic mass is 32.1. The highest BCUT2D eigenvalue weighted by Gasteiger charge is 2.10. The van der Waals surface area contributed by atoms with Crippen molar-refractivity contribution < 1.29 is 4.79 Å². The third-order valence-electron chi connectivity index (χ3n) is 3.53. The van der Waals surface area contributed by atoms with Gasteiger partial charge in [-0.1, -0.05) is 24.3 Å². The van der Waals surface area contributed by atoms with Crippen molar-refractivity contribution in [1.29, 1.82) is 0 Å². The van der Waals surface area contributed by atoms with Crippen molar-refractivity contribution in [2.45, 2.75) is 6.42 Å². The van der Waals surface area contributed by atoms with Gasteiger partial charge in [0.1, 0.15) is 5.01 Å². The van der Waals surface area contributed by atoms with Gasteiger partial charge in [-0.3, -0.25) is 9.78 Å². The predicted octanol–water partition coefficient (Wildman–Crippen LogP) is 4.85. The minimum absolute atomic E-state index is 0.158. The van der Waals surface area contributed by atoms with E-state index in [1.54, 1.807) is 17.5 Å². The van der Waals surface area contributed by atoms with Gasteiger partial charge in [-0.05, 0) is 29.1 Å². The van der Waals surface area contributed by atoms with Crippen LogP contribution in [0.5, 0.6) is 0 Å². The van der Waals surface area contributed by atoms with Gasteiger partial charge >= 0.3 is 0 Å². The molecule has 1 aromatic carbocycles. The number of hydrogen-bond acceptors (Lipinski definition) is 5. The largest absolute Gasteiger partial charge is 0.293 e. The molecule has 0 atom stereocenters. The molecule has 5 heteroatoms. The van der Waals surface area contributed by atoms with Crippen molar-refractivity contribution in [2.24, 2.45) is 0 Å². The fourth-order valence-corrected chi connectivity index (χ4v) is 4.02. The molecule has 3 nitrogen and oxygen atoms in total. The van der Waals surface area contributed by atoms with E-state index in [9.17, 15) is 4.79 Å². The Kier molecular flexibility index (Phi) is 3.73. The number of rotatable bonds is 4. The number of Topliss-reactive ketones (excluding diaryl/α,β-unsaturated/α-hetero) is 1. The van der Waals surface area contributed by atoms with E-state index < -0.39 is 0 Å². The maximum absolute atomic E-state index is 12.3. The number of fused-ring (bicyclic) bond motifs is 1. The maximum Gasteiger partial charge on any atom is 0.177 e. The Bertz CT molecular complexity index is 941. The summed E-state index contributed by atoms with van der Waals surface area (Å²) in [6.07, 6.45) is 4.00. The summed E-state index contributed by atoms with van der Waals surface area (Å²) in [5.41, 5.74) is 3.01. The number of nitrogens with zero attached hydrogens (tertiary/aromatic N) is 2. The first-order chi connectivity index (χ1) is 11.3. The highest BCUT2D eigenvalue weighted by molar-refractivity contribution is 7.21. The number of aromatic nitrogens is 2. The number of thiazole rings is 1. The van der Waals surface area contributed by atoms with Gasteiger partial charge in [0, 0.05) is 24.4 Å². The van der Waals surface area contributed by atoms with Gasteiger partial charge in [0.15, 0.2) is 5.78 Å². The topological polar surface area (TPSA) is 42.9 Å². The monoisotopic (exact) mass is 336 g/mol. The van der Waals surface area contributed by atoms with Crippen molar-refractivity contribution in [3.8, 4) is 10.6 Å². The van der Waals surface area contributed by atoms with E-state index in [1.165, 1.54) is 11.3 Å². The minimum Gasteiger partial charge on any atom is -0.293 e. The van der Waals surface area contributed by atoms with Crippen molar-refractivity contribution in [1.82, 2.24) is 9.97 Å². The molecule has 0 radical (unpaired) electrons. The minimum atomic E-state index is 0.158. The van der Waals surface area contributed by atoms with Gasteiger partial charge in [-0.15, -0.1) is 22.7 Å². The van der Waals surface area contributed by atoms with Crippen LogP contribution in [0.2, 0.25) is 0 Å². The Balaban J connectivity index is 1.64. The lowest BCUT2D eigenvalue weighted by molar-refractivity contribution is 0.0997. The Hall–Kier alpha value is -2.37. The zero-order valence-corrected chi connectivity index (χ0v) is 13.7. The van der Waals surface area contributed by atoms with Crippen LogP contribution in [-0.2, 0) is 6.42 Å². The normalized spacial score (nSPS) is 11.0. The van der Waals surface area contributed by atoms with Gasteiger partial charge in [-0.25, -0.2) is 4.98 Å². The average molecular weight is 336 g/mol. The van der Waals surface area contributed by atoms with E-state index in [1.807, 2.05) is 48.0 Å². The van der Waals surface area contributed by atoms with Crippen LogP contribution in [-0.4, -0.2) is 15.8 Å². The number of ketones is 1. The third-order valence-corrected chi connectivity index (χ3v) is 5.49. The summed E-state index contributed by atoms with van der Waals surface area (Å²) in [7, 11) is 0. The summed E-state index contributed by atoms with van der Waals surface area (Å²) in [6.45, 7) is 0. The number of benzene rings is 1. The van der Waals surface area contributed by atoms with Crippen LogP contribution >= 0.6 is 22.7 Å². The van der Waals surface area contributed by atoms with E-state index in [0.717, 1.165) is 31.2 Å². The Morgan fingerprint density at radius 1 is 1.13 bits per heavy atom. The van der Waals surface area contributed by atoms with Gasteiger partial charge in [0.25, 0.3) is 0 Å². The molecule has 4 aromatic rings. The second-order valence-electron chi connectivity index (χ2n) is 5.14. The summed E-state index contributed by atoms with van der Waals surface area (Å²) in [5.74, 6) is 0.158. The van der Waals surface area contributed by atoms with Crippen LogP contribution in [0.3, 0.4) is 0 Å². The molecule has 0 N–H and O–H groups in total. The molecule has 0 bridgehead atoms. The molecule has 0 spiro atoms. The molecule has 0 amide bonds. The molecule has 4 rings (SSSR count). The van der Waals surface area contributed by atoms with E-state index in [0.29, 0.717) is 6.42 Å². The lowest BCUT2D eigenvalue weighted by atomic mass is 10.1. The molecule has 0 unspecified atom stereocenters. The molecular formula is C18H12N2OS2. The molecule has 3 heterocycles. The summed E-state index contributed by atoms with van der Waals surface area (Å²) in [5, 5.41) is 2.89. The molecule has 112 valence electrons. The van der Waals surface area contributed by atoms with E-state index in [-0.39, 0.29) is 5.78 Å². The second kappa shape index (κ2) is 6.02. The average Bonchev–Trinajstić information content (AvgIpc) is 3.24. The standard InChI is InChI=1S/C18H12N2OS2/c21-15(16-5-2-8-22-16)10-12-3-1-4-13(9-12)18-20-14-6-7-19-11-17(14)23-18/h1-9,11H,10H2. The number of thiophene rings is 1. The molecular weight excluding hydrogens is 324 g/mol. The quantitative estimate of drug-likeness (QED) is 0.501. The van der Waals surface area contributed by atoms with E-state index in [2.05, 4.69) is 16.0 Å². The van der Waals surface area contributed by atoms with Gasteiger partial charge in [0.05, 0.1) is 15.1 Å². The molecule has 0 fully saturated rings. The predicted molar refractivity (Wildman–Crippen MR) is 95.2 cm³/mol. The number of hydrogen-bond donors (Lipinski definition) is 0. The van der Waals surface area contributed by atoms with Crippen molar-refractivity contribution in [3.05, 3.63) is 70.7 Å². The number of pyridine rings is 1. The van der Waals surface area contributed by atoms with Crippen molar-refractivity contribution >= 4 is 38.7 Å². The van der Waals surface area contributed by atoms with Crippen LogP contribution in [0.15, 0.2) is 60.2 Å². The summed E-state index contributed by atoms with van der Waals surface area (Å²) >= 11 is 3.11. The first-order valence-electron chi connectivity index (χ1n) is 7.16. The zero-order chi connectivity index (χ0) is 15.6. The van der Waals surface area contributed by atoms with Gasteiger partial charge in [-0.2, -0.15) is 0 Å². The molecule has 23 heavy (non-hydrogen) atoms. The first-order valence-corrected chi connectivity index (χ1v) is 8.86. The van der Waals surface area contributed by atoms with Crippen molar-refractivity contribution in [3.63, 3.8) is 0 Å². The second-order valence-corrected chi connectivity index (χ2v) is 7.12. The summed E-state index contributed by atoms with van der Waals surface area (Å²) < 4.78 is 1.07. The summed E-state index contributed by atoms with van der Waals surface area (Å²) in [4.78, 5) is 21.8. The number of carbonyl (C=O) groups is 1. The Labute approximate surface area is 141 Å². The lowest BCUT2D eigenvalue weighted by Gasteiger charge is -2.02. The van der Waals surface area contributed by atoms with Crippen LogP contribution in [0.4, 0.5) is 0 Å². The van der Waals surface area contributed by atoms with Crippen molar-refractivity contribution in [2.75, 3.05) is 0 Å². The molecule has 0 aliphatic heterocycles.